The molecular formula is C14H17N7O3. The number of rotatable bonds is 1. The lowest BCUT2D eigenvalue weighted by atomic mass is 10.1. The summed E-state index contributed by atoms with van der Waals surface area (Å²) in [5.41, 5.74) is 3.07. The molecule has 10 nitrogen and oxygen atoms in total. The Labute approximate surface area is 137 Å². The van der Waals surface area contributed by atoms with E-state index in [1.165, 1.54) is 4.90 Å². The van der Waals surface area contributed by atoms with E-state index in [9.17, 15) is 9.59 Å². The Hall–Kier alpha value is -2.91. The molecule has 0 aromatic carbocycles. The highest BCUT2D eigenvalue weighted by Gasteiger charge is 2.27. The van der Waals surface area contributed by atoms with Crippen LogP contribution in [0.25, 0.3) is 0 Å². The molecule has 0 aliphatic carbocycles. The van der Waals surface area contributed by atoms with Gasteiger partial charge in [0, 0.05) is 38.2 Å². The van der Waals surface area contributed by atoms with Crippen LogP contribution >= 0.6 is 0 Å². The molecule has 0 unspecified atom stereocenters. The molecule has 0 saturated carbocycles. The number of H-pyrrole nitrogens is 1. The van der Waals surface area contributed by atoms with Gasteiger partial charge in [0.25, 0.3) is 5.91 Å². The molecule has 0 bridgehead atoms. The number of aromatic amines is 1. The molecule has 2 amide bonds. The van der Waals surface area contributed by atoms with Crippen molar-refractivity contribution < 1.29 is 14.7 Å². The Balaban J connectivity index is 1.50. The van der Waals surface area contributed by atoms with E-state index in [0.29, 0.717) is 51.3 Å². The average Bonchev–Trinajstić information content (AvgIpc) is 3.15. The molecule has 4 heterocycles. The highest BCUT2D eigenvalue weighted by Crippen LogP contribution is 2.18. The van der Waals surface area contributed by atoms with Gasteiger partial charge in [-0.05, 0) is 6.07 Å². The van der Waals surface area contributed by atoms with Gasteiger partial charge in [-0.25, -0.2) is 4.79 Å². The molecule has 0 spiro atoms. The van der Waals surface area contributed by atoms with Crippen molar-refractivity contribution >= 4 is 12.0 Å². The van der Waals surface area contributed by atoms with Gasteiger partial charge in [-0.1, -0.05) is 5.21 Å². The number of hydrogen-bond donors (Lipinski definition) is 2. The highest BCUT2D eigenvalue weighted by molar-refractivity contribution is 5.92. The zero-order chi connectivity index (χ0) is 16.7. The Kier molecular flexibility index (Phi) is 3.44. The molecule has 2 aromatic heterocycles. The summed E-state index contributed by atoms with van der Waals surface area (Å²) >= 11 is 0. The molecule has 0 radical (unpaired) electrons. The molecule has 24 heavy (non-hydrogen) atoms. The maximum absolute atomic E-state index is 12.7. The maximum atomic E-state index is 12.7. The summed E-state index contributed by atoms with van der Waals surface area (Å²) in [6.45, 7) is 2.29. The first-order valence-corrected chi connectivity index (χ1v) is 7.84. The molecule has 2 N–H and O–H groups in total. The molecule has 0 fully saturated rings. The van der Waals surface area contributed by atoms with Crippen molar-refractivity contribution in [1.82, 2.24) is 35.0 Å². The predicted octanol–water partition coefficient (Wildman–Crippen LogP) is -0.264. The summed E-state index contributed by atoms with van der Waals surface area (Å²) in [7, 11) is 0. The number of hydrogen-bond acceptors (Lipinski definition) is 5. The Morgan fingerprint density at radius 3 is 2.79 bits per heavy atom. The first-order chi connectivity index (χ1) is 11.6. The third kappa shape index (κ3) is 2.49. The normalized spacial score (nSPS) is 17.2. The van der Waals surface area contributed by atoms with Crippen molar-refractivity contribution in [2.24, 2.45) is 0 Å². The van der Waals surface area contributed by atoms with Gasteiger partial charge >= 0.3 is 6.09 Å². The van der Waals surface area contributed by atoms with Crippen LogP contribution in [0.1, 0.15) is 27.6 Å². The van der Waals surface area contributed by atoms with Gasteiger partial charge in [-0.15, -0.1) is 5.10 Å². The average molecular weight is 331 g/mol. The summed E-state index contributed by atoms with van der Waals surface area (Å²) in [6, 6.07) is 1.77. The Bertz CT molecular complexity index is 771. The van der Waals surface area contributed by atoms with Crippen LogP contribution in [-0.2, 0) is 25.9 Å². The lowest BCUT2D eigenvalue weighted by Gasteiger charge is -2.24. The number of carbonyl (C=O) groups is 2. The Morgan fingerprint density at radius 2 is 1.96 bits per heavy atom. The van der Waals surface area contributed by atoms with Crippen LogP contribution in [0.15, 0.2) is 6.07 Å². The number of carbonyl (C=O) groups excluding carboxylic acids is 1. The molecule has 4 rings (SSSR count). The van der Waals surface area contributed by atoms with Crippen LogP contribution in [0.4, 0.5) is 4.79 Å². The summed E-state index contributed by atoms with van der Waals surface area (Å²) in [5, 5.41) is 24.1. The lowest BCUT2D eigenvalue weighted by Crippen LogP contribution is -2.36. The third-order valence-electron chi connectivity index (χ3n) is 4.54. The number of carboxylic acid groups (broad SMARTS) is 1. The molecule has 126 valence electrons. The minimum atomic E-state index is -0.922. The smallest absolute Gasteiger partial charge is 0.407 e. The van der Waals surface area contributed by atoms with Crippen LogP contribution in [0, 0.1) is 0 Å². The molecule has 10 heteroatoms. The lowest BCUT2D eigenvalue weighted by molar-refractivity contribution is 0.0724. The standard InChI is InChI=1S/C14H17N7O3/c22-13(20-4-2-10-12(8-20)16-18-15-10)11-7-9-1-3-19(14(23)24)5-6-21(9)17-11/h7H,1-6,8H2,(H,23,24)(H,15,16,18). The van der Waals surface area contributed by atoms with E-state index in [1.54, 1.807) is 15.6 Å². The van der Waals surface area contributed by atoms with Crippen LogP contribution in [0.5, 0.6) is 0 Å². The zero-order valence-corrected chi connectivity index (χ0v) is 13.0. The topological polar surface area (TPSA) is 120 Å². The van der Waals surface area contributed by atoms with E-state index in [0.717, 1.165) is 17.1 Å². The third-order valence-corrected chi connectivity index (χ3v) is 4.54. The Morgan fingerprint density at radius 1 is 1.12 bits per heavy atom. The van der Waals surface area contributed by atoms with Crippen molar-refractivity contribution in [3.8, 4) is 0 Å². The number of amides is 2. The molecular weight excluding hydrogens is 314 g/mol. The SMILES string of the molecule is O=C(O)N1CCc2cc(C(=O)N3CCc4[nH]nnc4C3)nn2CC1. The second kappa shape index (κ2) is 5.62. The van der Waals surface area contributed by atoms with Gasteiger partial charge in [-0.3, -0.25) is 14.6 Å². The van der Waals surface area contributed by atoms with E-state index in [-0.39, 0.29) is 5.91 Å². The van der Waals surface area contributed by atoms with E-state index in [1.807, 2.05) is 0 Å². The fourth-order valence-electron chi connectivity index (χ4n) is 3.16. The van der Waals surface area contributed by atoms with Crippen LogP contribution in [0.2, 0.25) is 0 Å². The van der Waals surface area contributed by atoms with Crippen LogP contribution < -0.4 is 0 Å². The monoisotopic (exact) mass is 331 g/mol. The van der Waals surface area contributed by atoms with Gasteiger partial charge in [0.2, 0.25) is 0 Å². The minimum absolute atomic E-state index is 0.126. The highest BCUT2D eigenvalue weighted by atomic mass is 16.4. The summed E-state index contributed by atoms with van der Waals surface area (Å²) < 4.78 is 1.74. The van der Waals surface area contributed by atoms with Crippen LogP contribution in [0.3, 0.4) is 0 Å². The van der Waals surface area contributed by atoms with Gasteiger partial charge < -0.3 is 14.9 Å². The van der Waals surface area contributed by atoms with Crippen molar-refractivity contribution in [2.75, 3.05) is 19.6 Å². The van der Waals surface area contributed by atoms with Gasteiger partial charge in [0.1, 0.15) is 5.69 Å². The van der Waals surface area contributed by atoms with Gasteiger partial charge in [0.05, 0.1) is 18.8 Å². The molecule has 0 saturated heterocycles. The second-order valence-electron chi connectivity index (χ2n) is 5.98. The number of aromatic nitrogens is 5. The summed E-state index contributed by atoms with van der Waals surface area (Å²) in [6.07, 6.45) is 0.337. The van der Waals surface area contributed by atoms with E-state index in [2.05, 4.69) is 20.5 Å². The van der Waals surface area contributed by atoms with E-state index < -0.39 is 6.09 Å². The minimum Gasteiger partial charge on any atom is -0.465 e. The number of nitrogens with one attached hydrogen (secondary N) is 1. The zero-order valence-electron chi connectivity index (χ0n) is 13.0. The van der Waals surface area contributed by atoms with Crippen molar-refractivity contribution in [3.63, 3.8) is 0 Å². The summed E-state index contributed by atoms with van der Waals surface area (Å²) in [5.74, 6) is -0.126. The van der Waals surface area contributed by atoms with Crippen molar-refractivity contribution in [2.45, 2.75) is 25.9 Å². The fourth-order valence-corrected chi connectivity index (χ4v) is 3.16. The fraction of sp³-hybridized carbons (Fsp3) is 0.500. The number of nitrogens with zero attached hydrogens (tertiary/aromatic N) is 6. The summed E-state index contributed by atoms with van der Waals surface area (Å²) in [4.78, 5) is 26.8. The van der Waals surface area contributed by atoms with Gasteiger partial charge in [0.15, 0.2) is 5.69 Å². The number of fused-ring (bicyclic) bond motifs is 2. The molecule has 2 aliphatic heterocycles. The van der Waals surface area contributed by atoms with E-state index in [4.69, 9.17) is 5.11 Å². The van der Waals surface area contributed by atoms with Gasteiger partial charge in [-0.2, -0.15) is 5.10 Å². The van der Waals surface area contributed by atoms with Crippen molar-refractivity contribution in [1.29, 1.82) is 0 Å². The maximum Gasteiger partial charge on any atom is 0.407 e. The predicted molar refractivity (Wildman–Crippen MR) is 80.4 cm³/mol. The molecule has 2 aliphatic rings. The van der Waals surface area contributed by atoms with Crippen LogP contribution in [-0.4, -0.2) is 71.7 Å². The van der Waals surface area contributed by atoms with Crippen molar-refractivity contribution in [3.05, 3.63) is 28.8 Å². The molecule has 0 atom stereocenters. The first-order valence-electron chi connectivity index (χ1n) is 7.84. The molecule has 2 aromatic rings. The van der Waals surface area contributed by atoms with E-state index >= 15 is 0 Å². The largest absolute Gasteiger partial charge is 0.465 e. The quantitative estimate of drug-likeness (QED) is 0.742. The first kappa shape index (κ1) is 14.7. The second-order valence-corrected chi connectivity index (χ2v) is 5.98.